The Morgan fingerprint density at radius 3 is 2.65 bits per heavy atom. The number of piperidine rings is 1. The Labute approximate surface area is 105 Å². The van der Waals surface area contributed by atoms with Crippen molar-refractivity contribution in [2.45, 2.75) is 32.7 Å². The fourth-order valence-corrected chi connectivity index (χ4v) is 2.90. The molecule has 0 aliphatic carbocycles. The molecule has 2 nitrogen and oxygen atoms in total. The number of likely N-dealkylation sites (tertiary alicyclic amines) is 1. The molecule has 2 rings (SSSR count). The Morgan fingerprint density at radius 2 is 2.00 bits per heavy atom. The number of likely N-dealkylation sites (N-methyl/N-ethyl adjacent to an activating group) is 1. The second kappa shape index (κ2) is 5.19. The molecule has 2 atom stereocenters. The van der Waals surface area contributed by atoms with Crippen molar-refractivity contribution in [2.75, 3.05) is 20.1 Å². The minimum Gasteiger partial charge on any atom is -0.327 e. The first-order chi connectivity index (χ1) is 8.04. The van der Waals surface area contributed by atoms with Crippen LogP contribution in [0.3, 0.4) is 0 Å². The van der Waals surface area contributed by atoms with Crippen LogP contribution in [0.15, 0.2) is 18.2 Å². The van der Waals surface area contributed by atoms with Crippen molar-refractivity contribution in [2.24, 2.45) is 11.7 Å². The molecule has 2 unspecified atom stereocenters. The summed E-state index contributed by atoms with van der Waals surface area (Å²) >= 11 is 0. The van der Waals surface area contributed by atoms with Gasteiger partial charge in [0.1, 0.15) is 0 Å². The zero-order valence-corrected chi connectivity index (χ0v) is 11.2. The average Bonchev–Trinajstić information content (AvgIpc) is 2.22. The van der Waals surface area contributed by atoms with Crippen molar-refractivity contribution in [1.29, 1.82) is 0 Å². The topological polar surface area (TPSA) is 29.3 Å². The smallest absolute Gasteiger partial charge is 0.0170 e. The van der Waals surface area contributed by atoms with E-state index in [1.165, 1.54) is 29.7 Å². The molecule has 1 aliphatic rings. The van der Waals surface area contributed by atoms with Gasteiger partial charge in [0.25, 0.3) is 0 Å². The van der Waals surface area contributed by atoms with Crippen LogP contribution in [0.5, 0.6) is 0 Å². The predicted molar refractivity (Wildman–Crippen MR) is 73.2 cm³/mol. The van der Waals surface area contributed by atoms with Gasteiger partial charge in [-0.2, -0.15) is 0 Å². The summed E-state index contributed by atoms with van der Waals surface area (Å²) in [5, 5.41) is 0. The lowest BCUT2D eigenvalue weighted by atomic mass is 9.88. The number of hydrogen-bond donors (Lipinski definition) is 1. The van der Waals surface area contributed by atoms with Gasteiger partial charge in [-0.3, -0.25) is 0 Å². The summed E-state index contributed by atoms with van der Waals surface area (Å²) in [6.07, 6.45) is 2.33. The van der Waals surface area contributed by atoms with E-state index in [0.717, 1.165) is 13.0 Å². The maximum absolute atomic E-state index is 6.08. The molecule has 1 aromatic carbocycles. The molecule has 0 radical (unpaired) electrons. The molecular weight excluding hydrogens is 208 g/mol. The van der Waals surface area contributed by atoms with E-state index in [-0.39, 0.29) is 0 Å². The van der Waals surface area contributed by atoms with Gasteiger partial charge in [0, 0.05) is 19.1 Å². The van der Waals surface area contributed by atoms with Crippen LogP contribution in [0.4, 0.5) is 0 Å². The molecule has 0 aromatic heterocycles. The lowest BCUT2D eigenvalue weighted by Gasteiger charge is -2.34. The van der Waals surface area contributed by atoms with E-state index in [1.807, 2.05) is 0 Å². The minimum atomic E-state index is 0.352. The van der Waals surface area contributed by atoms with Crippen molar-refractivity contribution in [1.82, 2.24) is 4.90 Å². The lowest BCUT2D eigenvalue weighted by molar-refractivity contribution is 0.188. The standard InChI is InChI=1S/C15H24N2/c1-11-4-5-13(6-12(11)2)7-14-8-15(16)10-17(3)9-14/h4-6,14-15H,7-10,16H2,1-3H3. The Balaban J connectivity index is 2.02. The van der Waals surface area contributed by atoms with Crippen molar-refractivity contribution >= 4 is 0 Å². The van der Waals surface area contributed by atoms with Crippen LogP contribution >= 0.6 is 0 Å². The summed E-state index contributed by atoms with van der Waals surface area (Å²) in [6, 6.07) is 7.18. The van der Waals surface area contributed by atoms with Gasteiger partial charge in [0.05, 0.1) is 0 Å². The Hall–Kier alpha value is -0.860. The van der Waals surface area contributed by atoms with Crippen LogP contribution in [0.1, 0.15) is 23.1 Å². The number of nitrogens with zero attached hydrogens (tertiary/aromatic N) is 1. The molecule has 0 amide bonds. The van der Waals surface area contributed by atoms with E-state index >= 15 is 0 Å². The summed E-state index contributed by atoms with van der Waals surface area (Å²) in [5.74, 6) is 0.714. The van der Waals surface area contributed by atoms with Gasteiger partial charge >= 0.3 is 0 Å². The van der Waals surface area contributed by atoms with Crippen LogP contribution < -0.4 is 5.73 Å². The van der Waals surface area contributed by atoms with Crippen LogP contribution in [0.2, 0.25) is 0 Å². The molecule has 1 aliphatic heterocycles. The summed E-state index contributed by atoms with van der Waals surface area (Å²) in [6.45, 7) is 6.59. The van der Waals surface area contributed by atoms with E-state index in [0.29, 0.717) is 12.0 Å². The van der Waals surface area contributed by atoms with E-state index in [9.17, 15) is 0 Å². The fourth-order valence-electron chi connectivity index (χ4n) is 2.90. The Kier molecular flexibility index (Phi) is 3.85. The Morgan fingerprint density at radius 1 is 1.24 bits per heavy atom. The highest BCUT2D eigenvalue weighted by Gasteiger charge is 2.22. The zero-order valence-electron chi connectivity index (χ0n) is 11.2. The SMILES string of the molecule is Cc1ccc(CC2CC(N)CN(C)C2)cc1C. The molecule has 2 N–H and O–H groups in total. The highest BCUT2D eigenvalue weighted by molar-refractivity contribution is 5.30. The van der Waals surface area contributed by atoms with Gasteiger partial charge in [0.15, 0.2) is 0 Å². The number of benzene rings is 1. The van der Waals surface area contributed by atoms with Gasteiger partial charge in [-0.05, 0) is 56.3 Å². The number of nitrogens with two attached hydrogens (primary N) is 1. The summed E-state index contributed by atoms with van der Waals surface area (Å²) in [7, 11) is 2.17. The van der Waals surface area contributed by atoms with Crippen molar-refractivity contribution in [3.63, 3.8) is 0 Å². The third-order valence-electron chi connectivity index (χ3n) is 3.85. The molecule has 17 heavy (non-hydrogen) atoms. The first-order valence-electron chi connectivity index (χ1n) is 6.55. The van der Waals surface area contributed by atoms with Gasteiger partial charge in [-0.1, -0.05) is 18.2 Å². The molecule has 1 saturated heterocycles. The van der Waals surface area contributed by atoms with E-state index in [1.54, 1.807) is 0 Å². The molecule has 0 saturated carbocycles. The van der Waals surface area contributed by atoms with Gasteiger partial charge < -0.3 is 10.6 Å². The fraction of sp³-hybridized carbons (Fsp3) is 0.600. The van der Waals surface area contributed by atoms with Crippen molar-refractivity contribution in [3.8, 4) is 0 Å². The zero-order chi connectivity index (χ0) is 12.4. The minimum absolute atomic E-state index is 0.352. The van der Waals surface area contributed by atoms with Gasteiger partial charge in [-0.25, -0.2) is 0 Å². The normalized spacial score (nSPS) is 26.1. The van der Waals surface area contributed by atoms with E-state index < -0.39 is 0 Å². The molecule has 1 heterocycles. The van der Waals surface area contributed by atoms with E-state index in [2.05, 4.69) is 44.0 Å². The monoisotopic (exact) mass is 232 g/mol. The second-order valence-electron chi connectivity index (χ2n) is 5.71. The van der Waals surface area contributed by atoms with E-state index in [4.69, 9.17) is 5.73 Å². The summed E-state index contributed by atoms with van der Waals surface area (Å²) in [5.41, 5.74) is 10.3. The van der Waals surface area contributed by atoms with Crippen LogP contribution in [0, 0.1) is 19.8 Å². The Bertz CT molecular complexity index is 377. The average molecular weight is 232 g/mol. The van der Waals surface area contributed by atoms with Crippen molar-refractivity contribution < 1.29 is 0 Å². The quantitative estimate of drug-likeness (QED) is 0.846. The summed E-state index contributed by atoms with van der Waals surface area (Å²) < 4.78 is 0. The largest absolute Gasteiger partial charge is 0.327 e. The molecular formula is C15H24N2. The maximum atomic E-state index is 6.08. The van der Waals surface area contributed by atoms with Crippen LogP contribution in [0.25, 0.3) is 0 Å². The molecule has 1 fully saturated rings. The molecule has 0 spiro atoms. The van der Waals surface area contributed by atoms with Gasteiger partial charge in [-0.15, -0.1) is 0 Å². The van der Waals surface area contributed by atoms with Crippen LogP contribution in [-0.2, 0) is 6.42 Å². The maximum Gasteiger partial charge on any atom is 0.0170 e. The number of hydrogen-bond acceptors (Lipinski definition) is 2. The lowest BCUT2D eigenvalue weighted by Crippen LogP contribution is -2.45. The highest BCUT2D eigenvalue weighted by Crippen LogP contribution is 2.20. The predicted octanol–water partition coefficient (Wildman–Crippen LogP) is 2.12. The third-order valence-corrected chi connectivity index (χ3v) is 3.85. The third kappa shape index (κ3) is 3.30. The number of rotatable bonds is 2. The molecule has 1 aromatic rings. The van der Waals surface area contributed by atoms with Crippen molar-refractivity contribution in [3.05, 3.63) is 34.9 Å². The summed E-state index contributed by atoms with van der Waals surface area (Å²) in [4.78, 5) is 2.36. The number of aryl methyl sites for hydroxylation is 2. The molecule has 0 bridgehead atoms. The first-order valence-corrected chi connectivity index (χ1v) is 6.55. The second-order valence-corrected chi connectivity index (χ2v) is 5.71. The first kappa shape index (κ1) is 12.6. The van der Waals surface area contributed by atoms with Crippen LogP contribution in [-0.4, -0.2) is 31.1 Å². The molecule has 94 valence electrons. The van der Waals surface area contributed by atoms with Gasteiger partial charge in [0.2, 0.25) is 0 Å². The molecule has 2 heteroatoms. The highest BCUT2D eigenvalue weighted by atomic mass is 15.1.